The second-order valence-electron chi connectivity index (χ2n) is 7.19. The Morgan fingerprint density at radius 3 is 2.58 bits per heavy atom. The molecule has 4 heterocycles. The van der Waals surface area contributed by atoms with Crippen LogP contribution in [0.1, 0.15) is 11.3 Å². The number of hydrogen-bond acceptors (Lipinski definition) is 4. The zero-order chi connectivity index (χ0) is 21.9. The van der Waals surface area contributed by atoms with Crippen molar-refractivity contribution in [1.82, 2.24) is 29.4 Å². The van der Waals surface area contributed by atoms with Gasteiger partial charge in [-0.1, -0.05) is 12.1 Å². The molecule has 4 aromatic heterocycles. The number of benzene rings is 1. The first-order valence-electron chi connectivity index (χ1n) is 9.32. The molecule has 0 amide bonds. The Bertz CT molecular complexity index is 1530. The Morgan fingerprint density at radius 1 is 1.06 bits per heavy atom. The minimum atomic E-state index is -4.53. The topological polar surface area (TPSA) is 80.9 Å². The molecule has 0 aliphatic rings. The summed E-state index contributed by atoms with van der Waals surface area (Å²) in [6, 6.07) is 11.5. The maximum absolute atomic E-state index is 13.0. The predicted octanol–water partition coefficient (Wildman–Crippen LogP) is 3.97. The van der Waals surface area contributed by atoms with Gasteiger partial charge in [0, 0.05) is 35.3 Å². The zero-order valence-corrected chi connectivity index (χ0v) is 16.4. The van der Waals surface area contributed by atoms with E-state index in [1.54, 1.807) is 43.5 Å². The Labute approximate surface area is 172 Å². The Balaban J connectivity index is 1.63. The predicted molar refractivity (Wildman–Crippen MR) is 108 cm³/mol. The lowest BCUT2D eigenvalue weighted by Gasteiger charge is -2.04. The van der Waals surface area contributed by atoms with Crippen LogP contribution in [-0.2, 0) is 13.2 Å². The van der Waals surface area contributed by atoms with Crippen molar-refractivity contribution in [2.75, 3.05) is 0 Å². The molecule has 0 aliphatic heterocycles. The lowest BCUT2D eigenvalue weighted by Crippen LogP contribution is -2.09. The number of H-pyrrole nitrogens is 1. The molecule has 1 aromatic carbocycles. The number of aryl methyl sites for hydroxylation is 1. The summed E-state index contributed by atoms with van der Waals surface area (Å²) in [6.07, 6.45) is -2.95. The maximum atomic E-state index is 13.0. The Hall–Kier alpha value is -3.95. The average molecular weight is 424 g/mol. The monoisotopic (exact) mass is 424 g/mol. The number of para-hydroxylation sites is 1. The van der Waals surface area contributed by atoms with Gasteiger partial charge in [-0.15, -0.1) is 5.10 Å². The molecule has 0 saturated carbocycles. The highest BCUT2D eigenvalue weighted by atomic mass is 19.4. The van der Waals surface area contributed by atoms with Crippen molar-refractivity contribution >= 4 is 16.6 Å². The number of nitrogens with zero attached hydrogens (tertiary/aromatic N) is 5. The highest BCUT2D eigenvalue weighted by Gasteiger charge is 2.34. The third kappa shape index (κ3) is 3.07. The average Bonchev–Trinajstić information content (AvgIpc) is 3.33. The molecule has 0 saturated heterocycles. The van der Waals surface area contributed by atoms with Gasteiger partial charge < -0.3 is 4.98 Å². The van der Waals surface area contributed by atoms with Crippen LogP contribution in [0.15, 0.2) is 53.5 Å². The lowest BCUT2D eigenvalue weighted by atomic mass is 10.1. The fraction of sp³-hybridized carbons (Fsp3) is 0.143. The normalized spacial score (nSPS) is 12.2. The van der Waals surface area contributed by atoms with E-state index in [9.17, 15) is 18.0 Å². The fourth-order valence-corrected chi connectivity index (χ4v) is 3.57. The molecule has 0 bridgehead atoms. The molecule has 156 valence electrons. The molecule has 10 heteroatoms. The first-order chi connectivity index (χ1) is 14.7. The number of fused-ring (bicyclic) bond motifs is 2. The molecule has 0 fully saturated rings. The summed E-state index contributed by atoms with van der Waals surface area (Å²) in [4.78, 5) is 20.4. The van der Waals surface area contributed by atoms with E-state index in [0.29, 0.717) is 44.9 Å². The molecule has 5 aromatic rings. The van der Waals surface area contributed by atoms with Gasteiger partial charge in [-0.05, 0) is 37.3 Å². The van der Waals surface area contributed by atoms with Gasteiger partial charge in [0.25, 0.3) is 0 Å². The smallest absolute Gasteiger partial charge is 0.351 e. The van der Waals surface area contributed by atoms with E-state index in [2.05, 4.69) is 20.2 Å². The largest absolute Gasteiger partial charge is 0.435 e. The number of hydrogen-bond donors (Lipinski definition) is 1. The van der Waals surface area contributed by atoms with E-state index in [1.807, 2.05) is 6.07 Å². The molecule has 0 radical (unpaired) electrons. The van der Waals surface area contributed by atoms with Crippen LogP contribution in [0.25, 0.3) is 39.3 Å². The standard InChI is InChI=1S/C21H15F3N6O/c1-11-18(25-14-6-4-3-5-13(14)19(11)31)20-26-17-8-7-12(10-30(17)28-20)15-9-16(21(22,23)24)27-29(15)2/h3-10H,1-2H3,(H,25,31). The fourth-order valence-electron chi connectivity index (χ4n) is 3.57. The molecular weight excluding hydrogens is 409 g/mol. The number of nitrogens with one attached hydrogen (secondary N) is 1. The van der Waals surface area contributed by atoms with Gasteiger partial charge in [-0.25, -0.2) is 9.50 Å². The first-order valence-corrected chi connectivity index (χ1v) is 9.32. The summed E-state index contributed by atoms with van der Waals surface area (Å²) in [5, 5.41) is 8.57. The molecule has 1 N–H and O–H groups in total. The molecular formula is C21H15F3N6O. The van der Waals surface area contributed by atoms with Crippen LogP contribution in [-0.4, -0.2) is 29.4 Å². The van der Waals surface area contributed by atoms with Crippen molar-refractivity contribution < 1.29 is 13.2 Å². The van der Waals surface area contributed by atoms with Crippen molar-refractivity contribution in [2.24, 2.45) is 7.05 Å². The van der Waals surface area contributed by atoms with Gasteiger partial charge in [-0.2, -0.15) is 18.3 Å². The number of alkyl halides is 3. The number of aromatic nitrogens is 6. The number of halogens is 3. The van der Waals surface area contributed by atoms with Crippen LogP contribution >= 0.6 is 0 Å². The van der Waals surface area contributed by atoms with E-state index in [-0.39, 0.29) is 5.43 Å². The van der Waals surface area contributed by atoms with Gasteiger partial charge in [0.05, 0.1) is 11.4 Å². The summed E-state index contributed by atoms with van der Waals surface area (Å²) in [5.74, 6) is 0.318. The summed E-state index contributed by atoms with van der Waals surface area (Å²) in [7, 11) is 1.45. The van der Waals surface area contributed by atoms with Gasteiger partial charge in [0.1, 0.15) is 0 Å². The number of aromatic amines is 1. The van der Waals surface area contributed by atoms with Gasteiger partial charge >= 0.3 is 6.18 Å². The molecule has 0 unspecified atom stereocenters. The van der Waals surface area contributed by atoms with Crippen LogP contribution in [0.3, 0.4) is 0 Å². The third-order valence-electron chi connectivity index (χ3n) is 5.17. The second-order valence-corrected chi connectivity index (χ2v) is 7.19. The van der Waals surface area contributed by atoms with E-state index in [0.717, 1.165) is 6.07 Å². The SMILES string of the molecule is Cc1c(-c2nc3ccc(-c4cc(C(F)(F)F)nn4C)cn3n2)[nH]c2ccccc2c1=O. The highest BCUT2D eigenvalue weighted by molar-refractivity contribution is 5.82. The van der Waals surface area contributed by atoms with E-state index >= 15 is 0 Å². The third-order valence-corrected chi connectivity index (χ3v) is 5.17. The number of pyridine rings is 2. The van der Waals surface area contributed by atoms with Crippen molar-refractivity contribution in [3.8, 4) is 22.8 Å². The van der Waals surface area contributed by atoms with E-state index in [1.165, 1.54) is 16.2 Å². The van der Waals surface area contributed by atoms with Crippen molar-refractivity contribution in [2.45, 2.75) is 13.1 Å². The lowest BCUT2D eigenvalue weighted by molar-refractivity contribution is -0.141. The Morgan fingerprint density at radius 2 is 1.84 bits per heavy atom. The van der Waals surface area contributed by atoms with Crippen molar-refractivity contribution in [3.05, 3.63) is 70.1 Å². The van der Waals surface area contributed by atoms with Crippen LogP contribution in [0.4, 0.5) is 13.2 Å². The number of rotatable bonds is 2. The summed E-state index contributed by atoms with van der Waals surface area (Å²) in [6.45, 7) is 1.70. The molecule has 31 heavy (non-hydrogen) atoms. The summed E-state index contributed by atoms with van der Waals surface area (Å²) < 4.78 is 41.6. The van der Waals surface area contributed by atoms with E-state index < -0.39 is 11.9 Å². The van der Waals surface area contributed by atoms with Gasteiger partial charge in [0.2, 0.25) is 0 Å². The maximum Gasteiger partial charge on any atom is 0.435 e. The van der Waals surface area contributed by atoms with Crippen LogP contribution in [0, 0.1) is 6.92 Å². The molecule has 0 atom stereocenters. The Kier molecular flexibility index (Phi) is 4.01. The second kappa shape index (κ2) is 6.53. The van der Waals surface area contributed by atoms with Crippen molar-refractivity contribution in [3.63, 3.8) is 0 Å². The van der Waals surface area contributed by atoms with E-state index in [4.69, 9.17) is 0 Å². The van der Waals surface area contributed by atoms with Gasteiger partial charge in [-0.3, -0.25) is 9.48 Å². The van der Waals surface area contributed by atoms with Crippen molar-refractivity contribution in [1.29, 1.82) is 0 Å². The quantitative estimate of drug-likeness (QED) is 0.465. The molecule has 5 rings (SSSR count). The van der Waals surface area contributed by atoms with Gasteiger partial charge in [0.15, 0.2) is 22.6 Å². The van der Waals surface area contributed by atoms with Crippen LogP contribution in [0.2, 0.25) is 0 Å². The molecule has 0 spiro atoms. The van der Waals surface area contributed by atoms with Crippen LogP contribution in [0.5, 0.6) is 0 Å². The highest BCUT2D eigenvalue weighted by Crippen LogP contribution is 2.31. The summed E-state index contributed by atoms with van der Waals surface area (Å²) in [5.41, 5.74) is 1.85. The zero-order valence-electron chi connectivity index (χ0n) is 16.4. The van der Waals surface area contributed by atoms with Crippen LogP contribution < -0.4 is 5.43 Å². The first kappa shape index (κ1) is 19.0. The summed E-state index contributed by atoms with van der Waals surface area (Å²) >= 11 is 0. The molecule has 0 aliphatic carbocycles. The minimum absolute atomic E-state index is 0.113. The molecule has 7 nitrogen and oxygen atoms in total. The minimum Gasteiger partial charge on any atom is -0.351 e.